The highest BCUT2D eigenvalue weighted by Gasteiger charge is 2.22. The van der Waals surface area contributed by atoms with Gasteiger partial charge in [-0.3, -0.25) is 0 Å². The lowest BCUT2D eigenvalue weighted by Gasteiger charge is -2.25. The zero-order valence-electron chi connectivity index (χ0n) is 13.1. The van der Waals surface area contributed by atoms with Gasteiger partial charge < -0.3 is 5.32 Å². The Morgan fingerprint density at radius 3 is 2.30 bits per heavy atom. The molecule has 0 saturated carbocycles. The van der Waals surface area contributed by atoms with Crippen molar-refractivity contribution in [1.82, 2.24) is 15.0 Å². The molecule has 0 fully saturated rings. The first kappa shape index (κ1) is 17.6. The molecule has 7 heteroatoms. The molecule has 0 aliphatic carbocycles. The summed E-state index contributed by atoms with van der Waals surface area (Å²) in [5.41, 5.74) is 0.636. The summed E-state index contributed by atoms with van der Waals surface area (Å²) >= 11 is 1.63. The van der Waals surface area contributed by atoms with Gasteiger partial charge in [-0.15, -0.1) is 11.3 Å². The molecule has 0 spiro atoms. The maximum atomic E-state index is 11.2. The first-order valence-electron chi connectivity index (χ1n) is 6.54. The second-order valence-electron chi connectivity index (χ2n) is 6.74. The van der Waals surface area contributed by atoms with Gasteiger partial charge in [0.1, 0.15) is 5.01 Å². The highest BCUT2D eigenvalue weighted by atomic mass is 32.2. The SMILES string of the molecule is CC(C)(CNCc1nc(C(C)(C)C)cs1)NS(C)(=O)=O. The Morgan fingerprint density at radius 1 is 1.25 bits per heavy atom. The molecule has 1 rings (SSSR count). The van der Waals surface area contributed by atoms with Gasteiger partial charge in [0.15, 0.2) is 0 Å². The first-order valence-corrected chi connectivity index (χ1v) is 9.31. The highest BCUT2D eigenvalue weighted by Crippen LogP contribution is 2.23. The van der Waals surface area contributed by atoms with Gasteiger partial charge in [-0.2, -0.15) is 0 Å². The summed E-state index contributed by atoms with van der Waals surface area (Å²) in [5, 5.41) is 6.35. The molecule has 1 aromatic heterocycles. The Bertz CT molecular complexity index is 542. The van der Waals surface area contributed by atoms with Crippen molar-refractivity contribution in [2.45, 2.75) is 52.1 Å². The van der Waals surface area contributed by atoms with Crippen molar-refractivity contribution in [3.05, 3.63) is 16.1 Å². The van der Waals surface area contributed by atoms with Crippen molar-refractivity contribution >= 4 is 21.4 Å². The fourth-order valence-electron chi connectivity index (χ4n) is 1.76. The van der Waals surface area contributed by atoms with E-state index < -0.39 is 15.6 Å². The molecule has 0 amide bonds. The third-order valence-electron chi connectivity index (χ3n) is 2.63. The largest absolute Gasteiger partial charge is 0.309 e. The quantitative estimate of drug-likeness (QED) is 0.839. The van der Waals surface area contributed by atoms with E-state index in [2.05, 4.69) is 41.2 Å². The van der Waals surface area contributed by atoms with Crippen LogP contribution >= 0.6 is 11.3 Å². The van der Waals surface area contributed by atoms with Crippen LogP contribution in [-0.4, -0.2) is 31.7 Å². The van der Waals surface area contributed by atoms with E-state index >= 15 is 0 Å². The number of aromatic nitrogens is 1. The van der Waals surface area contributed by atoms with Crippen LogP contribution in [0.1, 0.15) is 45.3 Å². The van der Waals surface area contributed by atoms with Crippen molar-refractivity contribution in [3.8, 4) is 0 Å². The predicted molar refractivity (Wildman–Crippen MR) is 84.6 cm³/mol. The lowest BCUT2D eigenvalue weighted by Crippen LogP contribution is -2.49. The van der Waals surface area contributed by atoms with E-state index in [1.807, 2.05) is 13.8 Å². The Morgan fingerprint density at radius 2 is 1.85 bits per heavy atom. The average Bonchev–Trinajstić information content (AvgIpc) is 2.60. The van der Waals surface area contributed by atoms with Crippen molar-refractivity contribution in [2.24, 2.45) is 0 Å². The van der Waals surface area contributed by atoms with E-state index in [1.54, 1.807) is 11.3 Å². The number of thiazole rings is 1. The minimum Gasteiger partial charge on any atom is -0.309 e. The molecule has 0 aliphatic heterocycles. The minimum absolute atomic E-state index is 0.0614. The van der Waals surface area contributed by atoms with Crippen molar-refractivity contribution in [3.63, 3.8) is 0 Å². The van der Waals surface area contributed by atoms with Crippen LogP contribution in [0.5, 0.6) is 0 Å². The van der Waals surface area contributed by atoms with E-state index in [0.29, 0.717) is 13.1 Å². The Balaban J connectivity index is 2.51. The monoisotopic (exact) mass is 319 g/mol. The van der Waals surface area contributed by atoms with Crippen LogP contribution in [0.3, 0.4) is 0 Å². The lowest BCUT2D eigenvalue weighted by atomic mass is 9.93. The van der Waals surface area contributed by atoms with Crippen molar-refractivity contribution in [2.75, 3.05) is 12.8 Å². The van der Waals surface area contributed by atoms with Gasteiger partial charge in [0, 0.05) is 29.4 Å². The van der Waals surface area contributed by atoms with Crippen LogP contribution in [0.2, 0.25) is 0 Å². The number of rotatable bonds is 6. The lowest BCUT2D eigenvalue weighted by molar-refractivity contribution is 0.420. The number of hydrogen-bond donors (Lipinski definition) is 2. The van der Waals surface area contributed by atoms with Gasteiger partial charge in [0.2, 0.25) is 10.0 Å². The third kappa shape index (κ3) is 6.30. The zero-order chi connectivity index (χ0) is 15.6. The van der Waals surface area contributed by atoms with Crippen LogP contribution in [0, 0.1) is 0 Å². The van der Waals surface area contributed by atoms with Gasteiger partial charge in [-0.1, -0.05) is 20.8 Å². The summed E-state index contributed by atoms with van der Waals surface area (Å²) in [4.78, 5) is 4.59. The van der Waals surface area contributed by atoms with E-state index in [-0.39, 0.29) is 5.41 Å². The smallest absolute Gasteiger partial charge is 0.209 e. The van der Waals surface area contributed by atoms with Gasteiger partial charge in [-0.25, -0.2) is 18.1 Å². The van der Waals surface area contributed by atoms with E-state index in [4.69, 9.17) is 0 Å². The second-order valence-corrected chi connectivity index (χ2v) is 9.43. The highest BCUT2D eigenvalue weighted by molar-refractivity contribution is 7.88. The summed E-state index contributed by atoms with van der Waals surface area (Å²) in [6.07, 6.45) is 1.17. The van der Waals surface area contributed by atoms with Gasteiger partial charge in [0.25, 0.3) is 0 Å². The minimum atomic E-state index is -3.20. The van der Waals surface area contributed by atoms with Crippen LogP contribution in [0.25, 0.3) is 0 Å². The fourth-order valence-corrected chi connectivity index (χ4v) is 3.82. The molecular formula is C13H25N3O2S2. The molecule has 0 bridgehead atoms. The second kappa shape index (κ2) is 6.09. The molecular weight excluding hydrogens is 294 g/mol. The molecule has 0 radical (unpaired) electrons. The van der Waals surface area contributed by atoms with Gasteiger partial charge in [-0.05, 0) is 13.8 Å². The Labute approximate surface area is 126 Å². The number of sulfonamides is 1. The molecule has 2 N–H and O–H groups in total. The molecule has 0 aliphatic rings. The maximum Gasteiger partial charge on any atom is 0.209 e. The van der Waals surface area contributed by atoms with Crippen LogP contribution in [-0.2, 0) is 22.0 Å². The maximum absolute atomic E-state index is 11.2. The van der Waals surface area contributed by atoms with Crippen LogP contribution in [0.15, 0.2) is 5.38 Å². The summed E-state index contributed by atoms with van der Waals surface area (Å²) < 4.78 is 25.1. The standard InChI is InChI=1S/C13H25N3O2S2/c1-12(2,3)10-8-19-11(15-10)7-14-9-13(4,5)16-20(6,17)18/h8,14,16H,7,9H2,1-6H3. The van der Waals surface area contributed by atoms with E-state index in [9.17, 15) is 8.42 Å². The van der Waals surface area contributed by atoms with Crippen molar-refractivity contribution in [1.29, 1.82) is 0 Å². The zero-order valence-corrected chi connectivity index (χ0v) is 14.7. The molecule has 0 saturated heterocycles. The summed E-state index contributed by atoms with van der Waals surface area (Å²) in [7, 11) is -3.20. The molecule has 0 atom stereocenters. The molecule has 1 aromatic rings. The van der Waals surface area contributed by atoms with E-state index in [0.717, 1.165) is 10.7 Å². The topological polar surface area (TPSA) is 71.1 Å². The number of hydrogen-bond acceptors (Lipinski definition) is 5. The number of nitrogens with zero attached hydrogens (tertiary/aromatic N) is 1. The van der Waals surface area contributed by atoms with Crippen LogP contribution < -0.4 is 10.0 Å². The molecule has 20 heavy (non-hydrogen) atoms. The Kier molecular flexibility index (Phi) is 5.34. The summed E-state index contributed by atoms with van der Waals surface area (Å²) in [6, 6.07) is 0. The molecule has 1 heterocycles. The predicted octanol–water partition coefficient (Wildman–Crippen LogP) is 1.86. The Hall–Kier alpha value is -0.500. The van der Waals surface area contributed by atoms with Crippen LogP contribution in [0.4, 0.5) is 0 Å². The normalized spacial score (nSPS) is 13.7. The molecule has 0 unspecified atom stereocenters. The van der Waals surface area contributed by atoms with Gasteiger partial charge in [0.05, 0.1) is 11.9 Å². The molecule has 0 aromatic carbocycles. The first-order chi connectivity index (χ1) is 8.89. The summed E-state index contributed by atoms with van der Waals surface area (Å²) in [5.74, 6) is 0. The number of nitrogens with one attached hydrogen (secondary N) is 2. The van der Waals surface area contributed by atoms with E-state index in [1.165, 1.54) is 6.26 Å². The third-order valence-corrected chi connectivity index (χ3v) is 4.40. The molecule has 116 valence electrons. The summed E-state index contributed by atoms with van der Waals surface area (Å²) in [6.45, 7) is 11.3. The molecule has 5 nitrogen and oxygen atoms in total. The average molecular weight is 319 g/mol. The van der Waals surface area contributed by atoms with Gasteiger partial charge >= 0.3 is 0 Å². The van der Waals surface area contributed by atoms with Crippen molar-refractivity contribution < 1.29 is 8.42 Å². The fraction of sp³-hybridized carbons (Fsp3) is 0.769.